The van der Waals surface area contributed by atoms with Gasteiger partial charge in [-0.2, -0.15) is 0 Å². The van der Waals surface area contributed by atoms with Crippen LogP contribution in [0.3, 0.4) is 0 Å². The number of amides is 1. The molecule has 1 N–H and O–H groups in total. The van der Waals surface area contributed by atoms with Gasteiger partial charge < -0.3 is 14.8 Å². The van der Waals surface area contributed by atoms with Gasteiger partial charge in [-0.3, -0.25) is 9.78 Å². The van der Waals surface area contributed by atoms with Crippen LogP contribution >= 0.6 is 0 Å². The monoisotopic (exact) mass is 339 g/mol. The van der Waals surface area contributed by atoms with Gasteiger partial charge in [0.1, 0.15) is 0 Å². The topological polar surface area (TPSA) is 63.1 Å². The molecule has 0 saturated carbocycles. The maximum Gasteiger partial charge on any atom is 0.231 e. The van der Waals surface area contributed by atoms with Gasteiger partial charge in [0.15, 0.2) is 0 Å². The molecule has 2 fully saturated rings. The fourth-order valence-electron chi connectivity index (χ4n) is 4.17. The molecule has 2 atom stereocenters. The Bertz CT molecular complexity index is 756. The van der Waals surface area contributed by atoms with Crippen LogP contribution in [0.1, 0.15) is 43.5 Å². The molecule has 132 valence electrons. The van der Waals surface area contributed by atoms with Gasteiger partial charge in [-0.15, -0.1) is 0 Å². The van der Waals surface area contributed by atoms with Crippen LogP contribution in [0, 0.1) is 5.41 Å². The van der Waals surface area contributed by atoms with Crippen LogP contribution in [-0.2, 0) is 11.3 Å². The molecule has 4 heterocycles. The van der Waals surface area contributed by atoms with Gasteiger partial charge in [-0.05, 0) is 31.9 Å². The molecular weight excluding hydrogens is 314 g/mol. The first-order chi connectivity index (χ1) is 12.1. The Kier molecular flexibility index (Phi) is 4.07. The highest BCUT2D eigenvalue weighted by atomic mass is 16.2. The molecule has 0 aromatic carbocycles. The summed E-state index contributed by atoms with van der Waals surface area (Å²) in [5.41, 5.74) is 1.77. The molecule has 0 aliphatic carbocycles. The lowest BCUT2D eigenvalue weighted by Gasteiger charge is -2.28. The molecule has 1 spiro atoms. The van der Waals surface area contributed by atoms with E-state index < -0.39 is 0 Å². The van der Waals surface area contributed by atoms with Crippen LogP contribution in [0.4, 0.5) is 0 Å². The second-order valence-corrected chi connectivity index (χ2v) is 7.52. The molecule has 2 aromatic rings. The van der Waals surface area contributed by atoms with Crippen molar-refractivity contribution in [3.63, 3.8) is 0 Å². The lowest BCUT2D eigenvalue weighted by Crippen LogP contribution is -2.39. The van der Waals surface area contributed by atoms with Crippen LogP contribution in [0.25, 0.3) is 0 Å². The van der Waals surface area contributed by atoms with E-state index in [0.29, 0.717) is 12.6 Å². The summed E-state index contributed by atoms with van der Waals surface area (Å²) in [5, 5.41) is 3.45. The summed E-state index contributed by atoms with van der Waals surface area (Å²) >= 11 is 0. The van der Waals surface area contributed by atoms with Crippen molar-refractivity contribution in [1.29, 1.82) is 0 Å². The molecule has 2 aromatic heterocycles. The molecule has 6 heteroatoms. The number of hydrogen-bond acceptors (Lipinski definition) is 4. The van der Waals surface area contributed by atoms with E-state index in [1.165, 1.54) is 0 Å². The Balaban J connectivity index is 1.57. The molecule has 2 saturated heterocycles. The predicted octanol–water partition coefficient (Wildman–Crippen LogP) is 1.96. The third-order valence-electron chi connectivity index (χ3n) is 5.67. The highest BCUT2D eigenvalue weighted by molar-refractivity contribution is 5.86. The van der Waals surface area contributed by atoms with Gasteiger partial charge in [0, 0.05) is 56.7 Å². The highest BCUT2D eigenvalue weighted by Crippen LogP contribution is 2.46. The summed E-state index contributed by atoms with van der Waals surface area (Å²) in [4.78, 5) is 24.1. The third kappa shape index (κ3) is 2.74. The zero-order valence-electron chi connectivity index (χ0n) is 14.9. The SMILES string of the molecule is CC(C)n1cnc([C@H]2CNC[C@@]23CCN(Cc2cccnc2)C3=O)c1. The van der Waals surface area contributed by atoms with Crippen LogP contribution in [0.5, 0.6) is 0 Å². The average molecular weight is 339 g/mol. The number of carbonyl (C=O) groups excluding carboxylic acids is 1. The smallest absolute Gasteiger partial charge is 0.231 e. The number of rotatable bonds is 4. The molecule has 25 heavy (non-hydrogen) atoms. The van der Waals surface area contributed by atoms with Crippen molar-refractivity contribution in [1.82, 2.24) is 24.8 Å². The molecule has 0 bridgehead atoms. The van der Waals surface area contributed by atoms with Gasteiger partial charge in [-0.25, -0.2) is 4.98 Å². The second-order valence-electron chi connectivity index (χ2n) is 7.52. The van der Waals surface area contributed by atoms with Crippen molar-refractivity contribution >= 4 is 5.91 Å². The minimum atomic E-state index is -0.349. The molecule has 0 unspecified atom stereocenters. The summed E-state index contributed by atoms with van der Waals surface area (Å²) in [6.07, 6.45) is 8.49. The Labute approximate surface area is 148 Å². The van der Waals surface area contributed by atoms with Crippen LogP contribution < -0.4 is 5.32 Å². The van der Waals surface area contributed by atoms with E-state index >= 15 is 0 Å². The zero-order valence-corrected chi connectivity index (χ0v) is 14.9. The second kappa shape index (κ2) is 6.26. The Morgan fingerprint density at radius 1 is 1.44 bits per heavy atom. The quantitative estimate of drug-likeness (QED) is 0.925. The van der Waals surface area contributed by atoms with E-state index in [9.17, 15) is 4.79 Å². The predicted molar refractivity (Wildman–Crippen MR) is 94.9 cm³/mol. The maximum absolute atomic E-state index is 13.3. The van der Waals surface area contributed by atoms with E-state index in [1.54, 1.807) is 6.20 Å². The minimum absolute atomic E-state index is 0.152. The minimum Gasteiger partial charge on any atom is -0.338 e. The summed E-state index contributed by atoms with van der Waals surface area (Å²) in [6.45, 7) is 7.30. The Hall–Kier alpha value is -2.21. The number of carbonyl (C=O) groups is 1. The van der Waals surface area contributed by atoms with Crippen LogP contribution in [0.2, 0.25) is 0 Å². The van der Waals surface area contributed by atoms with E-state index in [0.717, 1.165) is 37.3 Å². The molecule has 1 amide bonds. The number of likely N-dealkylation sites (tertiary alicyclic amines) is 1. The fourth-order valence-corrected chi connectivity index (χ4v) is 4.17. The van der Waals surface area contributed by atoms with Crippen molar-refractivity contribution in [2.24, 2.45) is 5.41 Å². The first-order valence-electron chi connectivity index (χ1n) is 9.02. The summed E-state index contributed by atoms with van der Waals surface area (Å²) in [6, 6.07) is 4.33. The number of imidazole rings is 1. The van der Waals surface area contributed by atoms with Crippen LogP contribution in [-0.4, -0.2) is 45.0 Å². The summed E-state index contributed by atoms with van der Waals surface area (Å²) in [5.74, 6) is 0.407. The van der Waals surface area contributed by atoms with Gasteiger partial charge in [0.2, 0.25) is 5.91 Å². The fraction of sp³-hybridized carbons (Fsp3) is 0.526. The van der Waals surface area contributed by atoms with Crippen molar-refractivity contribution in [3.05, 3.63) is 48.3 Å². The molecule has 4 rings (SSSR count). The molecule has 2 aliphatic heterocycles. The van der Waals surface area contributed by atoms with Gasteiger partial charge in [0.05, 0.1) is 17.4 Å². The van der Waals surface area contributed by atoms with Gasteiger partial charge in [-0.1, -0.05) is 6.07 Å². The van der Waals surface area contributed by atoms with E-state index in [4.69, 9.17) is 0 Å². The summed E-state index contributed by atoms with van der Waals surface area (Å²) < 4.78 is 2.12. The third-order valence-corrected chi connectivity index (χ3v) is 5.67. The first-order valence-corrected chi connectivity index (χ1v) is 9.02. The number of hydrogen-bond donors (Lipinski definition) is 1. The van der Waals surface area contributed by atoms with Crippen molar-refractivity contribution in [2.45, 2.75) is 38.8 Å². The number of aromatic nitrogens is 3. The largest absolute Gasteiger partial charge is 0.338 e. The highest BCUT2D eigenvalue weighted by Gasteiger charge is 2.55. The average Bonchev–Trinajstić information content (AvgIpc) is 3.32. The normalized spacial score (nSPS) is 26.3. The lowest BCUT2D eigenvalue weighted by atomic mass is 9.75. The maximum atomic E-state index is 13.3. The number of pyridine rings is 1. The lowest BCUT2D eigenvalue weighted by molar-refractivity contribution is -0.136. The van der Waals surface area contributed by atoms with E-state index in [1.807, 2.05) is 29.6 Å². The first kappa shape index (κ1) is 16.3. The number of nitrogens with one attached hydrogen (secondary N) is 1. The van der Waals surface area contributed by atoms with Crippen LogP contribution in [0.15, 0.2) is 37.1 Å². The zero-order chi connectivity index (χ0) is 17.4. The summed E-state index contributed by atoms with van der Waals surface area (Å²) in [7, 11) is 0. The van der Waals surface area contributed by atoms with E-state index in [2.05, 4.69) is 39.9 Å². The van der Waals surface area contributed by atoms with Crippen molar-refractivity contribution < 1.29 is 4.79 Å². The molecule has 0 radical (unpaired) electrons. The molecule has 6 nitrogen and oxygen atoms in total. The van der Waals surface area contributed by atoms with Gasteiger partial charge >= 0.3 is 0 Å². The van der Waals surface area contributed by atoms with E-state index in [-0.39, 0.29) is 17.2 Å². The molecule has 2 aliphatic rings. The number of nitrogens with zero attached hydrogens (tertiary/aromatic N) is 4. The van der Waals surface area contributed by atoms with Crippen molar-refractivity contribution in [2.75, 3.05) is 19.6 Å². The van der Waals surface area contributed by atoms with Gasteiger partial charge in [0.25, 0.3) is 0 Å². The Morgan fingerprint density at radius 2 is 2.32 bits per heavy atom. The Morgan fingerprint density at radius 3 is 3.04 bits per heavy atom. The molecular formula is C19H25N5O. The van der Waals surface area contributed by atoms with Crippen molar-refractivity contribution in [3.8, 4) is 0 Å². The standard InChI is InChI=1S/C19H25N5O/c1-14(2)24-11-17(22-13-24)16-9-21-12-19(16)5-7-23(18(19)25)10-15-4-3-6-20-8-15/h3-4,6,8,11,13-14,16,21H,5,7,9-10,12H2,1-2H3/t16-,19+/m1/s1.